The van der Waals surface area contributed by atoms with Crippen molar-refractivity contribution in [2.24, 2.45) is 11.8 Å². The van der Waals surface area contributed by atoms with Crippen molar-refractivity contribution >= 4 is 194 Å². The number of benzene rings is 7. The molecule has 26 nitrogen and oxygen atoms in total. The third-order valence-electron chi connectivity index (χ3n) is 26.6. The van der Waals surface area contributed by atoms with E-state index >= 15 is 0 Å². The molecule has 7 aromatic carbocycles. The van der Waals surface area contributed by atoms with Crippen LogP contribution in [-0.2, 0) is 46.4 Å². The molecule has 22 rings (SSSR count). The molecule has 2 saturated heterocycles. The Morgan fingerprint density at radius 2 is 0.862 bits per heavy atom. The van der Waals surface area contributed by atoms with Gasteiger partial charge >= 0.3 is 29.8 Å². The van der Waals surface area contributed by atoms with Gasteiger partial charge < -0.3 is 60.6 Å². The summed E-state index contributed by atoms with van der Waals surface area (Å²) >= 11 is 37.2. The van der Waals surface area contributed by atoms with E-state index < -0.39 is 0 Å². The molecule has 7 heterocycles. The third kappa shape index (κ3) is 20.3. The van der Waals surface area contributed by atoms with Gasteiger partial charge in [-0.2, -0.15) is 0 Å². The lowest BCUT2D eigenvalue weighted by molar-refractivity contribution is 0.00652. The molecule has 0 unspecified atom stereocenters. The average Bonchev–Trinajstić information content (AvgIpc) is 1.60. The minimum absolute atomic E-state index is 0.161. The summed E-state index contributed by atoms with van der Waals surface area (Å²) in [6.07, 6.45) is 23.7. The number of aromatic nitrogens is 9. The monoisotopic (exact) mass is 2020 g/mol. The third-order valence-corrected chi connectivity index (χ3v) is 31.9. The first-order valence-corrected chi connectivity index (χ1v) is 49.6. The summed E-state index contributed by atoms with van der Waals surface area (Å²) in [5.74, 6) is 1.60. The van der Waals surface area contributed by atoms with Gasteiger partial charge in [-0.15, -0.1) is 21.5 Å². The molecule has 10 fully saturated rings. The summed E-state index contributed by atoms with van der Waals surface area (Å²) in [6, 6.07) is 34.6. The highest BCUT2D eigenvalue weighted by atomic mass is 79.9. The molecule has 0 amide bonds. The van der Waals surface area contributed by atoms with Crippen LogP contribution in [0, 0.1) is 11.8 Å². The van der Waals surface area contributed by atoms with E-state index in [1.54, 1.807) is 53.0 Å². The zero-order chi connectivity index (χ0) is 90.9. The Morgan fingerprint density at radius 1 is 0.446 bits per heavy atom. The van der Waals surface area contributed by atoms with E-state index in [9.17, 15) is 24.0 Å². The fourth-order valence-corrected chi connectivity index (χ4v) is 23.3. The predicted molar refractivity (Wildman–Crippen MR) is 516 cm³/mol. The van der Waals surface area contributed by atoms with Gasteiger partial charge in [0.15, 0.2) is 14.2 Å². The number of hydrogen-bond donors (Lipinski definition) is 4. The van der Waals surface area contributed by atoms with Crippen molar-refractivity contribution in [2.45, 2.75) is 202 Å². The maximum absolute atomic E-state index is 12.4. The molecule has 130 heavy (non-hydrogen) atoms. The molecule has 6 atom stereocenters. The number of hydrogen-bond acceptors (Lipinski definition) is 27. The highest BCUT2D eigenvalue weighted by molar-refractivity contribution is 9.11. The molecule has 8 saturated carbocycles. The Kier molecular flexibility index (Phi) is 29.2. The molecule has 10 aliphatic rings. The Labute approximate surface area is 801 Å². The normalized spacial score (nSPS) is 20.0. The lowest BCUT2D eigenvalue weighted by Gasteiger charge is -2.31. The fourth-order valence-electron chi connectivity index (χ4n) is 18.4. The Balaban J connectivity index is 0.000000116. The van der Waals surface area contributed by atoms with Crippen LogP contribution in [0.5, 0.6) is 0 Å². The molecule has 4 bridgehead atoms. The number of nitrogens with one attached hydrogen (secondary N) is 1. The second-order valence-corrected chi connectivity index (χ2v) is 41.5. The van der Waals surface area contributed by atoms with Gasteiger partial charge in [0.25, 0.3) is 0 Å². The quantitative estimate of drug-likeness (QED) is 0.0313. The van der Waals surface area contributed by atoms with Gasteiger partial charge in [-0.1, -0.05) is 117 Å². The van der Waals surface area contributed by atoms with Crippen LogP contribution < -0.4 is 27.4 Å². The number of rotatable bonds is 20. The van der Waals surface area contributed by atoms with Crippen molar-refractivity contribution in [1.29, 1.82) is 0 Å². The van der Waals surface area contributed by atoms with Crippen molar-refractivity contribution in [2.75, 3.05) is 70.7 Å². The van der Waals surface area contributed by atoms with E-state index in [4.69, 9.17) is 92.3 Å². The minimum atomic E-state index is -0.365. The average molecular weight is 2030 g/mol. The van der Waals surface area contributed by atoms with Crippen LogP contribution in [0.4, 0.5) is 21.6 Å². The van der Waals surface area contributed by atoms with Crippen molar-refractivity contribution in [3.05, 3.63) is 199 Å². The second-order valence-electron chi connectivity index (χ2n) is 34.7. The number of piperidine rings is 2. The van der Waals surface area contributed by atoms with Gasteiger partial charge in [-0.25, -0.2) is 48.3 Å². The number of carbonyl (C=O) groups is 5. The number of thiazole rings is 3. The standard InChI is InChI=1S/C31H31Cl2N5O3S.C18H20Cl2N4O.C13H12BrNO2S.C13H14N2O2S.C12H15NO2.C8H8BrNO2/c1-40-30(39)17-11-21(16-4-2-5-16)28-26(12-17)42-31(34-28)37-14-18-10-20(37)13-25(18)41-15-24-29(35-36-38(24)19-8-9-19)27-22(32)6-3-7-23(27)33;19-13-2-1-3-14(20)17(13)18-15(24(23-22-18)12-4-5-12)9-25-16-7-11-6-10(16)8-21-11;2*1-17-12(16)8-5-9(7-3-2-4-7)11-10(6-8)18-13(14)15-11;1-15-12(14)9-5-6-11(13)10(7-9)8-3-2-4-8;1-12-8(11)5-2-3-7(10)6(9)4-5/h3,6-7,11-12,16,18-20,25H,2,4-5,8-10,13-15H2,1H3;1-3,10-12,16,21H,4-9H2;5-7H,2-4H2,1H3;5-7H,2-4H2,1H3,(H2,14,15);5-8H,2-4,13H2,1H3;2-4H,10H2,1H3/t18-,20-,25+;10-,11-,16+;;;;/m00..../s1. The Hall–Kier alpha value is -8.96. The number of carbonyl (C=O) groups excluding carboxylic acids is 5. The van der Waals surface area contributed by atoms with E-state index in [-0.39, 0.29) is 36.0 Å². The number of anilines is 4. The number of ether oxygens (including phenoxy) is 7. The number of fused-ring (bicyclic) bond motifs is 7. The first-order chi connectivity index (χ1) is 62.9. The minimum Gasteiger partial charge on any atom is -0.465 e. The summed E-state index contributed by atoms with van der Waals surface area (Å²) in [7, 11) is 6.99. The predicted octanol–water partition coefficient (Wildman–Crippen LogP) is 22.5. The fraction of sp³-hybridized carbons (Fsp3) is 0.432. The summed E-state index contributed by atoms with van der Waals surface area (Å²) in [5, 5.41) is 25.2. The van der Waals surface area contributed by atoms with E-state index in [0.29, 0.717) is 148 Å². The highest BCUT2D eigenvalue weighted by Crippen LogP contribution is 2.51. The number of nitrogens with two attached hydrogens (primary N) is 3. The lowest BCUT2D eigenvalue weighted by atomic mass is 9.79. The first-order valence-electron chi connectivity index (χ1n) is 44.0. The van der Waals surface area contributed by atoms with Crippen LogP contribution in [0.2, 0.25) is 20.1 Å². The molecular formula is C95H100Br2Cl4N14O12S3. The van der Waals surface area contributed by atoms with Crippen molar-refractivity contribution in [3.63, 3.8) is 0 Å². The SMILES string of the molecule is COC(=O)c1cc(C2CCC2)c2nc(Br)sc2c1.COC(=O)c1cc(C2CCC2)c2nc(N)sc2c1.COC(=O)c1cc(C2CCC2)c2nc(N3C[C@@H]4C[C@H]3C[C@H]4OCc3c(-c4c(Cl)cccc4Cl)nnn3C3CC3)sc2c1.COC(=O)c1ccc(N)c(Br)c1.COC(=O)c1ccc(N)c(C2CCC2)c1.Clc1cccc(Cl)c1-c1nnn(C2CC2)c1CO[C@@H]1C[C@@H]2C[C@H]1CN2. The van der Waals surface area contributed by atoms with E-state index in [0.717, 1.165) is 168 Å². The smallest absolute Gasteiger partial charge is 0.337 e. The number of nitrogen functional groups attached to an aromatic ring is 3. The molecule has 0 radical (unpaired) electrons. The zero-order valence-electron chi connectivity index (χ0n) is 72.4. The molecule has 35 heteroatoms. The van der Waals surface area contributed by atoms with Gasteiger partial charge in [0.2, 0.25) is 0 Å². The molecule has 7 N–H and O–H groups in total. The molecular weight excluding hydrogens is 1930 g/mol. The second kappa shape index (κ2) is 40.9. The maximum atomic E-state index is 12.4. The summed E-state index contributed by atoms with van der Waals surface area (Å²) < 4.78 is 45.5. The first kappa shape index (κ1) is 92.9. The van der Waals surface area contributed by atoms with Crippen LogP contribution in [0.1, 0.15) is 250 Å². The topological polar surface area (TPSA) is 343 Å². The van der Waals surface area contributed by atoms with Gasteiger partial charge in [0.1, 0.15) is 11.4 Å². The molecule has 0 spiro atoms. The summed E-state index contributed by atoms with van der Waals surface area (Å²) in [5.41, 5.74) is 34.1. The highest BCUT2D eigenvalue weighted by Gasteiger charge is 2.48. The number of methoxy groups -OCH3 is 5. The Bertz CT molecular complexity index is 6100. The Morgan fingerprint density at radius 3 is 1.28 bits per heavy atom. The van der Waals surface area contributed by atoms with Crippen molar-refractivity contribution < 1.29 is 57.1 Å². The van der Waals surface area contributed by atoms with Crippen LogP contribution in [0.25, 0.3) is 53.2 Å². The van der Waals surface area contributed by atoms with Gasteiger partial charge in [-0.05, 0) is 283 Å². The summed E-state index contributed by atoms with van der Waals surface area (Å²) in [6.45, 7) is 2.92. The van der Waals surface area contributed by atoms with E-state index in [1.165, 1.54) is 116 Å². The zero-order valence-corrected chi connectivity index (χ0v) is 81.0. The maximum Gasteiger partial charge on any atom is 0.337 e. The van der Waals surface area contributed by atoms with E-state index in [2.05, 4.69) is 82.1 Å². The van der Waals surface area contributed by atoms with Crippen LogP contribution in [0.15, 0.2) is 118 Å². The van der Waals surface area contributed by atoms with Crippen molar-refractivity contribution in [1.82, 2.24) is 50.3 Å². The van der Waals surface area contributed by atoms with Gasteiger partial charge in [-0.3, -0.25) is 0 Å². The van der Waals surface area contributed by atoms with E-state index in [1.807, 2.05) is 88.2 Å². The molecule has 12 aromatic rings. The van der Waals surface area contributed by atoms with Gasteiger partial charge in [0, 0.05) is 58.1 Å². The summed E-state index contributed by atoms with van der Waals surface area (Å²) in [4.78, 5) is 74.6. The van der Waals surface area contributed by atoms with Crippen LogP contribution >= 0.6 is 112 Å². The molecule has 2 aliphatic heterocycles. The van der Waals surface area contributed by atoms with Crippen molar-refractivity contribution in [3.8, 4) is 22.5 Å². The number of nitrogens with zero attached hydrogens (tertiary/aromatic N) is 10. The molecule has 8 aliphatic carbocycles. The van der Waals surface area contributed by atoms with Gasteiger partial charge in [0.05, 0.1) is 163 Å². The van der Waals surface area contributed by atoms with Crippen LogP contribution in [-0.4, -0.2) is 148 Å². The largest absolute Gasteiger partial charge is 0.465 e. The number of esters is 5. The lowest BCUT2D eigenvalue weighted by Crippen LogP contribution is -2.38. The molecule has 682 valence electrons. The van der Waals surface area contributed by atoms with Crippen LogP contribution in [0.3, 0.4) is 0 Å². The number of halogens is 6. The molecule has 5 aromatic heterocycles.